The van der Waals surface area contributed by atoms with Gasteiger partial charge >= 0.3 is 6.18 Å². The molecule has 0 radical (unpaired) electrons. The molecule has 0 fully saturated rings. The fraction of sp³-hybridized carbons (Fsp3) is 0.308. The van der Waals surface area contributed by atoms with Crippen molar-refractivity contribution in [3.63, 3.8) is 0 Å². The van der Waals surface area contributed by atoms with Gasteiger partial charge in [-0.25, -0.2) is 0 Å². The van der Waals surface area contributed by atoms with Gasteiger partial charge in [-0.1, -0.05) is 23.7 Å². The molecular weight excluding hydrogens is 291 g/mol. The fourth-order valence-electron chi connectivity index (χ4n) is 2.00. The SMILES string of the molecule is CNCc1cnn(Cc2cccc(Cl)c2)c1C(F)(F)F. The van der Waals surface area contributed by atoms with Crippen LogP contribution in [0.3, 0.4) is 0 Å². The smallest absolute Gasteiger partial charge is 0.316 e. The lowest BCUT2D eigenvalue weighted by Gasteiger charge is -2.13. The molecule has 0 aliphatic heterocycles. The number of halogens is 4. The molecular formula is C13H13ClF3N3. The van der Waals surface area contributed by atoms with E-state index in [4.69, 9.17) is 11.6 Å². The van der Waals surface area contributed by atoms with Gasteiger partial charge in [0.05, 0.1) is 12.7 Å². The largest absolute Gasteiger partial charge is 0.433 e. The number of benzene rings is 1. The van der Waals surface area contributed by atoms with Crippen molar-refractivity contribution in [1.29, 1.82) is 0 Å². The zero-order valence-electron chi connectivity index (χ0n) is 10.7. The molecule has 0 aliphatic rings. The van der Waals surface area contributed by atoms with Gasteiger partial charge in [0, 0.05) is 17.1 Å². The molecule has 2 aromatic rings. The summed E-state index contributed by atoms with van der Waals surface area (Å²) in [5.74, 6) is 0. The fourth-order valence-corrected chi connectivity index (χ4v) is 2.21. The summed E-state index contributed by atoms with van der Waals surface area (Å²) in [7, 11) is 1.59. The first kappa shape index (κ1) is 14.9. The summed E-state index contributed by atoms with van der Waals surface area (Å²) >= 11 is 5.83. The quantitative estimate of drug-likeness (QED) is 0.939. The van der Waals surface area contributed by atoms with E-state index in [0.29, 0.717) is 10.6 Å². The molecule has 0 atom stereocenters. The van der Waals surface area contributed by atoms with Gasteiger partial charge in [-0.05, 0) is 24.7 Å². The van der Waals surface area contributed by atoms with Crippen LogP contribution in [0.2, 0.25) is 5.02 Å². The molecule has 0 spiro atoms. The van der Waals surface area contributed by atoms with Gasteiger partial charge in [-0.15, -0.1) is 0 Å². The van der Waals surface area contributed by atoms with E-state index in [1.807, 2.05) is 0 Å². The third kappa shape index (κ3) is 3.32. The second-order valence-electron chi connectivity index (χ2n) is 4.33. The molecule has 0 bridgehead atoms. The van der Waals surface area contributed by atoms with Crippen LogP contribution < -0.4 is 5.32 Å². The second kappa shape index (κ2) is 5.85. The minimum absolute atomic E-state index is 0.0269. The van der Waals surface area contributed by atoms with E-state index in [2.05, 4.69) is 10.4 Å². The van der Waals surface area contributed by atoms with Crippen molar-refractivity contribution in [3.8, 4) is 0 Å². The van der Waals surface area contributed by atoms with Crippen molar-refractivity contribution < 1.29 is 13.2 Å². The number of nitrogens with one attached hydrogen (secondary N) is 1. The number of nitrogens with zero attached hydrogens (tertiary/aromatic N) is 2. The Morgan fingerprint density at radius 2 is 2.10 bits per heavy atom. The first-order valence-electron chi connectivity index (χ1n) is 5.92. The monoisotopic (exact) mass is 303 g/mol. The number of hydrogen-bond acceptors (Lipinski definition) is 2. The van der Waals surface area contributed by atoms with Gasteiger partial charge in [0.15, 0.2) is 0 Å². The maximum absolute atomic E-state index is 13.1. The molecule has 20 heavy (non-hydrogen) atoms. The molecule has 1 aromatic carbocycles. The highest BCUT2D eigenvalue weighted by atomic mass is 35.5. The summed E-state index contributed by atoms with van der Waals surface area (Å²) < 4.78 is 40.4. The van der Waals surface area contributed by atoms with E-state index in [1.54, 1.807) is 31.3 Å². The molecule has 0 unspecified atom stereocenters. The van der Waals surface area contributed by atoms with E-state index < -0.39 is 11.9 Å². The standard InChI is InChI=1S/C13H13ClF3N3/c1-18-6-10-7-19-20(12(10)13(15,16)17)8-9-3-2-4-11(14)5-9/h2-5,7,18H,6,8H2,1H3. The van der Waals surface area contributed by atoms with Crippen molar-refractivity contribution in [1.82, 2.24) is 15.1 Å². The topological polar surface area (TPSA) is 29.9 Å². The first-order chi connectivity index (χ1) is 9.41. The molecule has 0 amide bonds. The predicted molar refractivity (Wildman–Crippen MR) is 70.5 cm³/mol. The Bertz CT molecular complexity index is 593. The highest BCUT2D eigenvalue weighted by molar-refractivity contribution is 6.30. The normalized spacial score (nSPS) is 11.8. The van der Waals surface area contributed by atoms with Crippen LogP contribution in [0.25, 0.3) is 0 Å². The molecule has 1 N–H and O–H groups in total. The van der Waals surface area contributed by atoms with E-state index in [9.17, 15) is 13.2 Å². The van der Waals surface area contributed by atoms with Gasteiger partial charge in [-0.2, -0.15) is 18.3 Å². The minimum atomic E-state index is -4.44. The Balaban J connectivity index is 2.37. The van der Waals surface area contributed by atoms with E-state index in [1.165, 1.54) is 6.20 Å². The second-order valence-corrected chi connectivity index (χ2v) is 4.77. The Hall–Kier alpha value is -1.53. The molecule has 0 saturated heterocycles. The molecule has 2 rings (SSSR count). The van der Waals surface area contributed by atoms with Gasteiger partial charge in [0.1, 0.15) is 5.69 Å². The number of rotatable bonds is 4. The van der Waals surface area contributed by atoms with Crippen LogP contribution in [0.15, 0.2) is 30.5 Å². The third-order valence-corrected chi connectivity index (χ3v) is 3.01. The van der Waals surface area contributed by atoms with Crippen molar-refractivity contribution in [2.75, 3.05) is 7.05 Å². The lowest BCUT2D eigenvalue weighted by molar-refractivity contribution is -0.144. The van der Waals surface area contributed by atoms with Crippen LogP contribution in [0, 0.1) is 0 Å². The first-order valence-corrected chi connectivity index (χ1v) is 6.30. The van der Waals surface area contributed by atoms with E-state index in [0.717, 1.165) is 4.68 Å². The van der Waals surface area contributed by atoms with Crippen LogP contribution in [0.1, 0.15) is 16.8 Å². The van der Waals surface area contributed by atoms with Crippen LogP contribution >= 0.6 is 11.6 Å². The molecule has 0 saturated carbocycles. The van der Waals surface area contributed by atoms with Gasteiger partial charge in [0.2, 0.25) is 0 Å². The molecule has 3 nitrogen and oxygen atoms in total. The molecule has 108 valence electrons. The number of aromatic nitrogens is 2. The summed E-state index contributed by atoms with van der Waals surface area (Å²) in [6.07, 6.45) is -3.20. The Morgan fingerprint density at radius 1 is 1.35 bits per heavy atom. The van der Waals surface area contributed by atoms with Gasteiger partial charge < -0.3 is 5.32 Å². The number of alkyl halides is 3. The van der Waals surface area contributed by atoms with E-state index in [-0.39, 0.29) is 18.7 Å². The zero-order valence-corrected chi connectivity index (χ0v) is 11.5. The summed E-state index contributed by atoms with van der Waals surface area (Å²) in [4.78, 5) is 0. The van der Waals surface area contributed by atoms with Crippen molar-refractivity contribution in [2.45, 2.75) is 19.3 Å². The predicted octanol–water partition coefficient (Wildman–Crippen LogP) is 3.32. The summed E-state index contributed by atoms with van der Waals surface area (Å²) in [6.45, 7) is 0.142. The molecule has 7 heteroatoms. The lowest BCUT2D eigenvalue weighted by Crippen LogP contribution is -2.19. The zero-order chi connectivity index (χ0) is 14.8. The maximum Gasteiger partial charge on any atom is 0.433 e. The lowest BCUT2D eigenvalue weighted by atomic mass is 10.2. The van der Waals surface area contributed by atoms with Crippen LogP contribution in [0.4, 0.5) is 13.2 Å². The Labute approximate surface area is 119 Å². The summed E-state index contributed by atoms with van der Waals surface area (Å²) in [5.41, 5.74) is 0.0657. The van der Waals surface area contributed by atoms with Crippen molar-refractivity contribution in [2.24, 2.45) is 0 Å². The van der Waals surface area contributed by atoms with Crippen LogP contribution in [0.5, 0.6) is 0 Å². The molecule has 0 aliphatic carbocycles. The minimum Gasteiger partial charge on any atom is -0.316 e. The number of hydrogen-bond donors (Lipinski definition) is 1. The third-order valence-electron chi connectivity index (χ3n) is 2.77. The highest BCUT2D eigenvalue weighted by Gasteiger charge is 2.37. The average molecular weight is 304 g/mol. The highest BCUT2D eigenvalue weighted by Crippen LogP contribution is 2.32. The van der Waals surface area contributed by atoms with Gasteiger partial charge in [0.25, 0.3) is 0 Å². The Kier molecular flexibility index (Phi) is 4.35. The van der Waals surface area contributed by atoms with E-state index >= 15 is 0 Å². The van der Waals surface area contributed by atoms with Crippen LogP contribution in [-0.4, -0.2) is 16.8 Å². The average Bonchev–Trinajstić information content (AvgIpc) is 2.72. The summed E-state index contributed by atoms with van der Waals surface area (Å²) in [5, 5.41) is 7.03. The van der Waals surface area contributed by atoms with Crippen LogP contribution in [-0.2, 0) is 19.3 Å². The molecule has 1 heterocycles. The summed E-state index contributed by atoms with van der Waals surface area (Å²) in [6, 6.07) is 6.71. The Morgan fingerprint density at radius 3 is 2.70 bits per heavy atom. The molecule has 1 aromatic heterocycles. The maximum atomic E-state index is 13.1. The van der Waals surface area contributed by atoms with Gasteiger partial charge in [-0.3, -0.25) is 4.68 Å². The van der Waals surface area contributed by atoms with Crippen molar-refractivity contribution in [3.05, 3.63) is 52.3 Å². The van der Waals surface area contributed by atoms with Crippen molar-refractivity contribution >= 4 is 11.6 Å².